The summed E-state index contributed by atoms with van der Waals surface area (Å²) in [6.07, 6.45) is 3.28. The molecule has 0 saturated carbocycles. The molecule has 0 aliphatic carbocycles. The molecule has 0 aromatic carbocycles. The van der Waals surface area contributed by atoms with Crippen LogP contribution in [0.3, 0.4) is 0 Å². The Morgan fingerprint density at radius 2 is 2.12 bits per heavy atom. The Kier molecular flexibility index (Phi) is 4.50. The van der Waals surface area contributed by atoms with E-state index in [0.29, 0.717) is 5.82 Å². The summed E-state index contributed by atoms with van der Waals surface area (Å²) >= 11 is 0. The largest absolute Gasteiger partial charge is 0.373 e. The first-order chi connectivity index (χ1) is 7.69. The van der Waals surface area contributed by atoms with Gasteiger partial charge in [-0.1, -0.05) is 13.3 Å². The van der Waals surface area contributed by atoms with Crippen LogP contribution in [0.15, 0.2) is 6.33 Å². The van der Waals surface area contributed by atoms with Gasteiger partial charge in [-0.2, -0.15) is 0 Å². The predicted octanol–water partition coefficient (Wildman–Crippen LogP) is 0.368. The molecule has 0 bridgehead atoms. The molecule has 6 heteroatoms. The number of carbonyl (C=O) groups is 1. The van der Waals surface area contributed by atoms with Gasteiger partial charge < -0.3 is 16.4 Å². The van der Waals surface area contributed by atoms with E-state index in [1.807, 2.05) is 0 Å². The van der Waals surface area contributed by atoms with E-state index in [1.165, 1.54) is 6.33 Å². The number of primary amides is 1. The van der Waals surface area contributed by atoms with Gasteiger partial charge in [0.15, 0.2) is 0 Å². The second kappa shape index (κ2) is 5.89. The molecule has 0 fully saturated rings. The minimum Gasteiger partial charge on any atom is -0.373 e. The molecular formula is C10H17N5O. The standard InChI is InChI=1S/C10H17N5O/c1-3-4-7-9(12-2)14-6-15-10(7)13-5-8(11)16/h6H,3-5H2,1-2H3,(H2,11,16)(H2,12,13,14,15). The number of rotatable bonds is 6. The second-order valence-corrected chi connectivity index (χ2v) is 3.37. The van der Waals surface area contributed by atoms with Gasteiger partial charge >= 0.3 is 0 Å². The highest BCUT2D eigenvalue weighted by Crippen LogP contribution is 2.20. The molecule has 16 heavy (non-hydrogen) atoms. The molecule has 0 aliphatic heterocycles. The molecule has 1 amide bonds. The van der Waals surface area contributed by atoms with Gasteiger partial charge in [0.1, 0.15) is 18.0 Å². The zero-order valence-electron chi connectivity index (χ0n) is 9.58. The molecule has 0 unspecified atom stereocenters. The van der Waals surface area contributed by atoms with Crippen LogP contribution in [0.1, 0.15) is 18.9 Å². The first kappa shape index (κ1) is 12.2. The van der Waals surface area contributed by atoms with Crippen molar-refractivity contribution in [2.45, 2.75) is 19.8 Å². The van der Waals surface area contributed by atoms with Crippen LogP contribution in [0.2, 0.25) is 0 Å². The number of anilines is 2. The Balaban J connectivity index is 2.92. The third kappa shape index (κ3) is 3.08. The molecule has 1 rings (SSSR count). The van der Waals surface area contributed by atoms with Crippen LogP contribution in [-0.4, -0.2) is 29.5 Å². The van der Waals surface area contributed by atoms with E-state index in [-0.39, 0.29) is 6.54 Å². The minimum absolute atomic E-state index is 0.0802. The van der Waals surface area contributed by atoms with Gasteiger partial charge in [0, 0.05) is 12.6 Å². The maximum absolute atomic E-state index is 10.7. The highest BCUT2D eigenvalue weighted by Gasteiger charge is 2.09. The van der Waals surface area contributed by atoms with Crippen LogP contribution < -0.4 is 16.4 Å². The molecule has 0 radical (unpaired) electrons. The molecule has 6 nitrogen and oxygen atoms in total. The van der Waals surface area contributed by atoms with Gasteiger partial charge in [-0.05, 0) is 6.42 Å². The summed E-state index contributed by atoms with van der Waals surface area (Å²) < 4.78 is 0. The molecule has 0 spiro atoms. The van der Waals surface area contributed by atoms with Crippen LogP contribution in [0.25, 0.3) is 0 Å². The zero-order valence-corrected chi connectivity index (χ0v) is 9.58. The molecule has 1 aromatic heterocycles. The quantitative estimate of drug-likeness (QED) is 0.648. The Morgan fingerprint density at radius 1 is 1.44 bits per heavy atom. The average Bonchev–Trinajstić information content (AvgIpc) is 2.27. The Bertz CT molecular complexity index is 366. The van der Waals surface area contributed by atoms with Crippen LogP contribution in [0.5, 0.6) is 0 Å². The first-order valence-electron chi connectivity index (χ1n) is 5.22. The van der Waals surface area contributed by atoms with E-state index >= 15 is 0 Å². The van der Waals surface area contributed by atoms with E-state index in [2.05, 4.69) is 27.5 Å². The number of amides is 1. The SMILES string of the molecule is CCCc1c(NC)ncnc1NCC(N)=O. The third-order valence-electron chi connectivity index (χ3n) is 2.11. The van der Waals surface area contributed by atoms with Crippen molar-refractivity contribution in [2.75, 3.05) is 24.2 Å². The van der Waals surface area contributed by atoms with E-state index in [1.54, 1.807) is 7.05 Å². The number of nitrogens with one attached hydrogen (secondary N) is 2. The first-order valence-corrected chi connectivity index (χ1v) is 5.22. The normalized spacial score (nSPS) is 9.88. The van der Waals surface area contributed by atoms with Gasteiger partial charge in [-0.3, -0.25) is 4.79 Å². The predicted molar refractivity (Wildman–Crippen MR) is 63.3 cm³/mol. The van der Waals surface area contributed by atoms with Crippen molar-refractivity contribution in [3.05, 3.63) is 11.9 Å². The molecule has 0 atom stereocenters. The lowest BCUT2D eigenvalue weighted by Crippen LogP contribution is -2.23. The van der Waals surface area contributed by atoms with Crippen molar-refractivity contribution in [3.63, 3.8) is 0 Å². The lowest BCUT2D eigenvalue weighted by molar-refractivity contribution is -0.116. The molecule has 0 saturated heterocycles. The fourth-order valence-corrected chi connectivity index (χ4v) is 1.44. The number of nitrogens with two attached hydrogens (primary N) is 1. The smallest absolute Gasteiger partial charge is 0.236 e. The fraction of sp³-hybridized carbons (Fsp3) is 0.500. The Hall–Kier alpha value is -1.85. The summed E-state index contributed by atoms with van der Waals surface area (Å²) in [5, 5.41) is 5.91. The van der Waals surface area contributed by atoms with Gasteiger partial charge in [0.05, 0.1) is 6.54 Å². The average molecular weight is 223 g/mol. The minimum atomic E-state index is -0.410. The monoisotopic (exact) mass is 223 g/mol. The third-order valence-corrected chi connectivity index (χ3v) is 2.11. The highest BCUT2D eigenvalue weighted by atomic mass is 16.1. The number of hydrogen-bond acceptors (Lipinski definition) is 5. The lowest BCUT2D eigenvalue weighted by Gasteiger charge is -2.12. The van der Waals surface area contributed by atoms with E-state index in [9.17, 15) is 4.79 Å². The molecular weight excluding hydrogens is 206 g/mol. The van der Waals surface area contributed by atoms with Crippen LogP contribution in [-0.2, 0) is 11.2 Å². The number of nitrogens with zero attached hydrogens (tertiary/aromatic N) is 2. The topological polar surface area (TPSA) is 92.9 Å². The van der Waals surface area contributed by atoms with Gasteiger partial charge in [0.2, 0.25) is 5.91 Å². The van der Waals surface area contributed by atoms with Gasteiger partial charge in [-0.15, -0.1) is 0 Å². The summed E-state index contributed by atoms with van der Waals surface area (Å²) in [6.45, 7) is 2.15. The molecule has 0 aliphatic rings. The van der Waals surface area contributed by atoms with Crippen molar-refractivity contribution in [1.29, 1.82) is 0 Å². The fourth-order valence-electron chi connectivity index (χ4n) is 1.44. The van der Waals surface area contributed by atoms with E-state index < -0.39 is 5.91 Å². The Labute approximate surface area is 94.7 Å². The lowest BCUT2D eigenvalue weighted by atomic mass is 10.1. The number of aromatic nitrogens is 2. The van der Waals surface area contributed by atoms with Crippen LogP contribution >= 0.6 is 0 Å². The summed E-state index contributed by atoms with van der Waals surface area (Å²) in [7, 11) is 1.80. The maximum Gasteiger partial charge on any atom is 0.236 e. The van der Waals surface area contributed by atoms with Gasteiger partial charge in [0.25, 0.3) is 0 Å². The van der Waals surface area contributed by atoms with Gasteiger partial charge in [-0.25, -0.2) is 9.97 Å². The second-order valence-electron chi connectivity index (χ2n) is 3.37. The summed E-state index contributed by atoms with van der Waals surface area (Å²) in [5.41, 5.74) is 6.05. The number of carbonyl (C=O) groups excluding carboxylic acids is 1. The van der Waals surface area contributed by atoms with Crippen LogP contribution in [0, 0.1) is 0 Å². The van der Waals surface area contributed by atoms with E-state index in [4.69, 9.17) is 5.73 Å². The highest BCUT2D eigenvalue weighted by molar-refractivity contribution is 5.79. The summed E-state index contributed by atoms with van der Waals surface area (Å²) in [5.74, 6) is 1.04. The van der Waals surface area contributed by atoms with Crippen molar-refractivity contribution in [1.82, 2.24) is 9.97 Å². The molecule has 1 aromatic rings. The Morgan fingerprint density at radius 3 is 2.69 bits per heavy atom. The van der Waals surface area contributed by atoms with Crippen molar-refractivity contribution in [3.8, 4) is 0 Å². The number of hydrogen-bond donors (Lipinski definition) is 3. The van der Waals surface area contributed by atoms with Crippen LogP contribution in [0.4, 0.5) is 11.6 Å². The van der Waals surface area contributed by atoms with Crippen molar-refractivity contribution >= 4 is 17.5 Å². The molecule has 1 heterocycles. The maximum atomic E-state index is 10.7. The van der Waals surface area contributed by atoms with Crippen molar-refractivity contribution < 1.29 is 4.79 Å². The zero-order chi connectivity index (χ0) is 12.0. The summed E-state index contributed by atoms with van der Waals surface area (Å²) in [6, 6.07) is 0. The molecule has 4 N–H and O–H groups in total. The molecule has 88 valence electrons. The van der Waals surface area contributed by atoms with Crippen molar-refractivity contribution in [2.24, 2.45) is 5.73 Å². The van der Waals surface area contributed by atoms with E-state index in [0.717, 1.165) is 24.2 Å². The summed E-state index contributed by atoms with van der Waals surface area (Å²) in [4.78, 5) is 18.9.